The second kappa shape index (κ2) is 5.46. The predicted molar refractivity (Wildman–Crippen MR) is 78.9 cm³/mol. The molecular weight excluding hydrogens is 293 g/mol. The molecule has 1 aromatic heterocycles. The van der Waals surface area contributed by atoms with Gasteiger partial charge in [-0.1, -0.05) is 11.6 Å². The molecule has 1 amide bonds. The van der Waals surface area contributed by atoms with E-state index in [-0.39, 0.29) is 10.9 Å². The topological polar surface area (TPSA) is 54.9 Å². The Morgan fingerprint density at radius 1 is 1.05 bits per heavy atom. The van der Waals surface area contributed by atoms with Gasteiger partial charge in [0.05, 0.1) is 16.1 Å². The van der Waals surface area contributed by atoms with Crippen LogP contribution in [0.5, 0.6) is 0 Å². The monoisotopic (exact) mass is 301 g/mol. The molecule has 0 spiro atoms. The zero-order valence-electron chi connectivity index (χ0n) is 10.7. The molecule has 0 aliphatic rings. The van der Waals surface area contributed by atoms with Gasteiger partial charge in [0.1, 0.15) is 5.82 Å². The largest absolute Gasteiger partial charge is 0.322 e. The van der Waals surface area contributed by atoms with E-state index in [2.05, 4.69) is 15.3 Å². The molecule has 21 heavy (non-hydrogen) atoms. The van der Waals surface area contributed by atoms with Crippen LogP contribution in [-0.2, 0) is 0 Å². The third-order valence-electron chi connectivity index (χ3n) is 2.91. The molecule has 0 aliphatic carbocycles. The Balaban J connectivity index is 1.87. The van der Waals surface area contributed by atoms with Crippen LogP contribution in [0.3, 0.4) is 0 Å². The van der Waals surface area contributed by atoms with Crippen molar-refractivity contribution in [2.24, 2.45) is 0 Å². The van der Waals surface area contributed by atoms with Crippen molar-refractivity contribution < 1.29 is 9.18 Å². The number of hydrogen-bond acceptors (Lipinski definition) is 3. The fourth-order valence-corrected chi connectivity index (χ4v) is 2.06. The molecular formula is C15H9ClFN3O. The number of aromatic nitrogens is 2. The summed E-state index contributed by atoms with van der Waals surface area (Å²) in [6, 6.07) is 9.01. The SMILES string of the molecule is O=C(Nc1ccc(F)c(Cl)c1)c1ccc2nccnc2c1. The van der Waals surface area contributed by atoms with E-state index in [1.165, 1.54) is 18.2 Å². The van der Waals surface area contributed by atoms with E-state index in [9.17, 15) is 9.18 Å². The van der Waals surface area contributed by atoms with E-state index >= 15 is 0 Å². The van der Waals surface area contributed by atoms with Gasteiger partial charge in [-0.25, -0.2) is 4.39 Å². The Labute approximate surface area is 124 Å². The van der Waals surface area contributed by atoms with Gasteiger partial charge in [-0.2, -0.15) is 0 Å². The molecule has 1 heterocycles. The molecule has 0 saturated carbocycles. The van der Waals surface area contributed by atoms with Crippen molar-refractivity contribution in [3.8, 4) is 0 Å². The fraction of sp³-hybridized carbons (Fsp3) is 0. The third-order valence-corrected chi connectivity index (χ3v) is 3.20. The number of carbonyl (C=O) groups is 1. The van der Waals surface area contributed by atoms with Crippen LogP contribution in [-0.4, -0.2) is 15.9 Å². The lowest BCUT2D eigenvalue weighted by atomic mass is 10.1. The van der Waals surface area contributed by atoms with E-state index < -0.39 is 5.82 Å². The first kappa shape index (κ1) is 13.5. The first-order chi connectivity index (χ1) is 10.1. The van der Waals surface area contributed by atoms with Gasteiger partial charge in [-0.3, -0.25) is 14.8 Å². The van der Waals surface area contributed by atoms with E-state index in [1.807, 2.05) is 0 Å². The summed E-state index contributed by atoms with van der Waals surface area (Å²) in [4.78, 5) is 20.4. The van der Waals surface area contributed by atoms with Gasteiger partial charge in [0.15, 0.2) is 0 Å². The van der Waals surface area contributed by atoms with Gasteiger partial charge < -0.3 is 5.32 Å². The minimum absolute atomic E-state index is 0.0443. The molecule has 0 bridgehead atoms. The predicted octanol–water partition coefficient (Wildman–Crippen LogP) is 3.67. The first-order valence-electron chi connectivity index (χ1n) is 6.11. The maximum atomic E-state index is 13.1. The number of nitrogens with one attached hydrogen (secondary N) is 1. The summed E-state index contributed by atoms with van der Waals surface area (Å²) in [5.74, 6) is -0.860. The van der Waals surface area contributed by atoms with Crippen LogP contribution in [0.4, 0.5) is 10.1 Å². The van der Waals surface area contributed by atoms with Crippen LogP contribution in [0, 0.1) is 5.82 Å². The average Bonchev–Trinajstić information content (AvgIpc) is 2.50. The van der Waals surface area contributed by atoms with Crippen LogP contribution in [0.2, 0.25) is 5.02 Å². The van der Waals surface area contributed by atoms with Crippen LogP contribution < -0.4 is 5.32 Å². The number of nitrogens with zero attached hydrogens (tertiary/aromatic N) is 2. The highest BCUT2D eigenvalue weighted by atomic mass is 35.5. The van der Waals surface area contributed by atoms with Crippen molar-refractivity contribution in [3.63, 3.8) is 0 Å². The highest BCUT2D eigenvalue weighted by molar-refractivity contribution is 6.31. The summed E-state index contributed by atoms with van der Waals surface area (Å²) < 4.78 is 13.1. The Morgan fingerprint density at radius 2 is 1.81 bits per heavy atom. The smallest absolute Gasteiger partial charge is 0.255 e. The quantitative estimate of drug-likeness (QED) is 0.785. The minimum Gasteiger partial charge on any atom is -0.322 e. The highest BCUT2D eigenvalue weighted by Crippen LogP contribution is 2.20. The Hall–Kier alpha value is -2.53. The molecule has 0 unspecified atom stereocenters. The summed E-state index contributed by atoms with van der Waals surface area (Å²) in [6.07, 6.45) is 3.15. The van der Waals surface area contributed by atoms with Crippen molar-refractivity contribution >= 4 is 34.2 Å². The molecule has 0 saturated heterocycles. The first-order valence-corrected chi connectivity index (χ1v) is 6.48. The number of rotatable bonds is 2. The summed E-state index contributed by atoms with van der Waals surface area (Å²) in [7, 11) is 0. The van der Waals surface area contributed by atoms with Crippen molar-refractivity contribution in [2.45, 2.75) is 0 Å². The van der Waals surface area contributed by atoms with Gasteiger partial charge in [0.2, 0.25) is 0 Å². The summed E-state index contributed by atoms with van der Waals surface area (Å²) >= 11 is 5.68. The van der Waals surface area contributed by atoms with Crippen molar-refractivity contribution in [1.29, 1.82) is 0 Å². The van der Waals surface area contributed by atoms with E-state index in [0.29, 0.717) is 22.3 Å². The number of hydrogen-bond donors (Lipinski definition) is 1. The minimum atomic E-state index is -0.532. The molecule has 3 rings (SSSR count). The molecule has 2 aromatic carbocycles. The fourth-order valence-electron chi connectivity index (χ4n) is 1.88. The van der Waals surface area contributed by atoms with Crippen LogP contribution in [0.15, 0.2) is 48.8 Å². The molecule has 0 fully saturated rings. The van der Waals surface area contributed by atoms with Gasteiger partial charge in [-0.05, 0) is 36.4 Å². The van der Waals surface area contributed by atoms with Gasteiger partial charge in [0.25, 0.3) is 5.91 Å². The number of fused-ring (bicyclic) bond motifs is 1. The number of amides is 1. The molecule has 6 heteroatoms. The second-order valence-corrected chi connectivity index (χ2v) is 4.75. The van der Waals surface area contributed by atoms with Crippen molar-refractivity contribution in [2.75, 3.05) is 5.32 Å². The van der Waals surface area contributed by atoms with Gasteiger partial charge >= 0.3 is 0 Å². The molecule has 0 aliphatic heterocycles. The Morgan fingerprint density at radius 3 is 2.57 bits per heavy atom. The van der Waals surface area contributed by atoms with Crippen molar-refractivity contribution in [1.82, 2.24) is 9.97 Å². The van der Waals surface area contributed by atoms with Gasteiger partial charge in [0, 0.05) is 23.6 Å². The average molecular weight is 302 g/mol. The lowest BCUT2D eigenvalue weighted by Gasteiger charge is -2.06. The van der Waals surface area contributed by atoms with Crippen LogP contribution >= 0.6 is 11.6 Å². The molecule has 4 nitrogen and oxygen atoms in total. The normalized spacial score (nSPS) is 10.6. The number of anilines is 1. The highest BCUT2D eigenvalue weighted by Gasteiger charge is 2.09. The van der Waals surface area contributed by atoms with Crippen LogP contribution in [0.25, 0.3) is 11.0 Å². The summed E-state index contributed by atoms with van der Waals surface area (Å²) in [6.45, 7) is 0. The maximum Gasteiger partial charge on any atom is 0.255 e. The number of benzene rings is 2. The lowest BCUT2D eigenvalue weighted by Crippen LogP contribution is -2.12. The summed E-state index contributed by atoms with van der Waals surface area (Å²) in [5.41, 5.74) is 2.19. The zero-order chi connectivity index (χ0) is 14.8. The van der Waals surface area contributed by atoms with Crippen molar-refractivity contribution in [3.05, 3.63) is 65.2 Å². The molecule has 104 valence electrons. The number of carbonyl (C=O) groups excluding carboxylic acids is 1. The Kier molecular flexibility index (Phi) is 3.50. The van der Waals surface area contributed by atoms with E-state index in [1.54, 1.807) is 30.6 Å². The standard InChI is InChI=1S/C15H9ClFN3O/c16-11-8-10(2-3-12(11)17)20-15(21)9-1-4-13-14(7-9)19-6-5-18-13/h1-8H,(H,20,21). The van der Waals surface area contributed by atoms with Crippen LogP contribution in [0.1, 0.15) is 10.4 Å². The molecule has 0 radical (unpaired) electrons. The number of halogens is 2. The van der Waals surface area contributed by atoms with Gasteiger partial charge in [-0.15, -0.1) is 0 Å². The van der Waals surface area contributed by atoms with E-state index in [4.69, 9.17) is 11.6 Å². The molecule has 1 N–H and O–H groups in total. The molecule has 0 atom stereocenters. The second-order valence-electron chi connectivity index (χ2n) is 4.34. The molecule has 3 aromatic rings. The third kappa shape index (κ3) is 2.83. The lowest BCUT2D eigenvalue weighted by molar-refractivity contribution is 0.102. The summed E-state index contributed by atoms with van der Waals surface area (Å²) in [5, 5.41) is 2.61. The van der Waals surface area contributed by atoms with E-state index in [0.717, 1.165) is 0 Å². The zero-order valence-corrected chi connectivity index (χ0v) is 11.4. The Bertz CT molecular complexity index is 838. The maximum absolute atomic E-state index is 13.1.